The van der Waals surface area contributed by atoms with Crippen LogP contribution in [-0.2, 0) is 10.2 Å². The average molecular weight is 384 g/mol. The highest BCUT2D eigenvalue weighted by atomic mass is 19.2. The van der Waals surface area contributed by atoms with E-state index < -0.39 is 34.6 Å². The minimum atomic E-state index is -1.69. The first kappa shape index (κ1) is 19.4. The Kier molecular flexibility index (Phi) is 5.55. The van der Waals surface area contributed by atoms with Crippen molar-refractivity contribution in [3.63, 3.8) is 0 Å². The second-order valence-corrected chi connectivity index (χ2v) is 6.65. The van der Waals surface area contributed by atoms with Crippen LogP contribution in [-0.4, -0.2) is 31.9 Å². The molecule has 0 amide bonds. The Balaban J connectivity index is 2.00. The summed E-state index contributed by atoms with van der Waals surface area (Å²) in [6.07, 6.45) is 1.11. The first-order valence-corrected chi connectivity index (χ1v) is 8.55. The van der Waals surface area contributed by atoms with E-state index in [1.807, 2.05) is 25.1 Å². The molecule has 0 aliphatic carbocycles. The number of aryl methyl sites for hydroxylation is 1. The molecule has 3 rings (SSSR count). The monoisotopic (exact) mass is 384 g/mol. The molecule has 1 aromatic carbocycles. The normalized spacial score (nSPS) is 16.2. The van der Waals surface area contributed by atoms with Crippen molar-refractivity contribution in [2.45, 2.75) is 25.2 Å². The van der Waals surface area contributed by atoms with Crippen LogP contribution >= 0.6 is 0 Å². The molecule has 0 spiro atoms. The van der Waals surface area contributed by atoms with Crippen LogP contribution in [0, 0.1) is 30.5 Å². The van der Waals surface area contributed by atoms with E-state index in [2.05, 4.69) is 10.3 Å². The van der Waals surface area contributed by atoms with Gasteiger partial charge < -0.3 is 14.8 Å². The van der Waals surface area contributed by atoms with Gasteiger partial charge in [0, 0.05) is 30.7 Å². The summed E-state index contributed by atoms with van der Waals surface area (Å²) in [5.41, 5.74) is 0.411. The Labute approximate surface area is 154 Å². The Morgan fingerprint density at radius 3 is 2.33 bits per heavy atom. The molecule has 1 N–H and O–H groups in total. The lowest BCUT2D eigenvalue weighted by Crippen LogP contribution is -2.40. The first-order valence-electron chi connectivity index (χ1n) is 8.55. The van der Waals surface area contributed by atoms with Crippen LogP contribution in [0.5, 0.6) is 5.75 Å². The van der Waals surface area contributed by atoms with Gasteiger partial charge in [-0.2, -0.15) is 22.5 Å². The minimum absolute atomic E-state index is 0.0485. The fraction of sp³-hybridized carbons (Fsp3) is 0.421. The molecule has 1 aliphatic heterocycles. The second-order valence-electron chi connectivity index (χ2n) is 6.65. The summed E-state index contributed by atoms with van der Waals surface area (Å²) in [5, 5.41) is 2.56. The van der Waals surface area contributed by atoms with Crippen LogP contribution in [0.25, 0.3) is 0 Å². The summed E-state index contributed by atoms with van der Waals surface area (Å²) in [7, 11) is 1.54. The number of benzene rings is 1. The number of nitrogens with one attached hydrogen (secondary N) is 1. The van der Waals surface area contributed by atoms with Crippen molar-refractivity contribution in [3.8, 4) is 5.75 Å². The molecule has 1 aliphatic rings. The van der Waals surface area contributed by atoms with E-state index in [0.29, 0.717) is 31.8 Å². The van der Waals surface area contributed by atoms with Gasteiger partial charge in [-0.05, 0) is 25.8 Å². The van der Waals surface area contributed by atoms with Crippen LogP contribution in [0.2, 0.25) is 0 Å². The zero-order chi connectivity index (χ0) is 19.6. The van der Waals surface area contributed by atoms with Gasteiger partial charge in [0.25, 0.3) is 11.9 Å². The summed E-state index contributed by atoms with van der Waals surface area (Å²) in [5.74, 6) is -5.84. The largest absolute Gasteiger partial charge is 0.496 e. The predicted molar refractivity (Wildman–Crippen MR) is 92.0 cm³/mol. The van der Waals surface area contributed by atoms with Gasteiger partial charge in [-0.15, -0.1) is 0 Å². The number of ether oxygens (including phenoxy) is 2. The number of hydrogen-bond donors (Lipinski definition) is 1. The fourth-order valence-corrected chi connectivity index (χ4v) is 3.44. The molecule has 1 aromatic heterocycles. The summed E-state index contributed by atoms with van der Waals surface area (Å²) < 4.78 is 65.7. The highest BCUT2D eigenvalue weighted by Gasteiger charge is 2.37. The summed E-state index contributed by atoms with van der Waals surface area (Å²) >= 11 is 0. The lowest BCUT2D eigenvalue weighted by atomic mass is 9.73. The van der Waals surface area contributed by atoms with Crippen molar-refractivity contribution in [3.05, 3.63) is 52.9 Å². The van der Waals surface area contributed by atoms with Gasteiger partial charge in [-0.3, -0.25) is 0 Å². The van der Waals surface area contributed by atoms with Gasteiger partial charge in [0.05, 0.1) is 7.11 Å². The molecule has 146 valence electrons. The molecule has 1 fully saturated rings. The number of hydrogen-bond acceptors (Lipinski definition) is 4. The lowest BCUT2D eigenvalue weighted by Gasteiger charge is -2.39. The molecule has 8 heteroatoms. The standard InChI is InChI=1S/C19H20F4N2O2/c1-11-3-4-13(26-2)12(9-11)19(5-7-27-8-6-19)10-24-16-14(20)17(22)25-18(23)15(16)21/h3-4,9H,5-8,10H2,1-2H3,(H,24,25). The number of nitrogens with zero attached hydrogens (tertiary/aromatic N) is 1. The predicted octanol–water partition coefficient (Wildman–Crippen LogP) is 4.12. The van der Waals surface area contributed by atoms with Crippen molar-refractivity contribution in [1.29, 1.82) is 0 Å². The Morgan fingerprint density at radius 1 is 1.11 bits per heavy atom. The van der Waals surface area contributed by atoms with Crippen LogP contribution in [0.4, 0.5) is 23.2 Å². The zero-order valence-corrected chi connectivity index (χ0v) is 15.0. The van der Waals surface area contributed by atoms with Gasteiger partial charge in [0.15, 0.2) is 0 Å². The van der Waals surface area contributed by atoms with Gasteiger partial charge in [0.1, 0.15) is 11.4 Å². The highest BCUT2D eigenvalue weighted by Crippen LogP contribution is 2.41. The molecular formula is C19H20F4N2O2. The van der Waals surface area contributed by atoms with Gasteiger partial charge in [-0.1, -0.05) is 17.7 Å². The van der Waals surface area contributed by atoms with E-state index in [-0.39, 0.29) is 6.54 Å². The molecule has 0 radical (unpaired) electrons. The van der Waals surface area contributed by atoms with E-state index >= 15 is 0 Å². The minimum Gasteiger partial charge on any atom is -0.496 e. The number of methoxy groups -OCH3 is 1. The van der Waals surface area contributed by atoms with E-state index in [1.165, 1.54) is 0 Å². The molecule has 0 bridgehead atoms. The van der Waals surface area contributed by atoms with Crippen LogP contribution < -0.4 is 10.1 Å². The third kappa shape index (κ3) is 3.71. The van der Waals surface area contributed by atoms with Crippen molar-refractivity contribution in [1.82, 2.24) is 4.98 Å². The molecule has 0 unspecified atom stereocenters. The smallest absolute Gasteiger partial charge is 0.253 e. The highest BCUT2D eigenvalue weighted by molar-refractivity contribution is 5.49. The van der Waals surface area contributed by atoms with Gasteiger partial charge >= 0.3 is 0 Å². The van der Waals surface area contributed by atoms with E-state index in [9.17, 15) is 17.6 Å². The molecule has 2 heterocycles. The SMILES string of the molecule is COc1ccc(C)cc1C1(CNc2c(F)c(F)nc(F)c2F)CCOCC1. The van der Waals surface area contributed by atoms with Crippen molar-refractivity contribution < 1.29 is 27.0 Å². The maximum Gasteiger partial charge on any atom is 0.253 e. The third-order valence-corrected chi connectivity index (χ3v) is 4.98. The van der Waals surface area contributed by atoms with Crippen molar-refractivity contribution in [2.24, 2.45) is 0 Å². The van der Waals surface area contributed by atoms with E-state index in [1.54, 1.807) is 7.11 Å². The number of rotatable bonds is 5. The quantitative estimate of drug-likeness (QED) is 0.622. The van der Waals surface area contributed by atoms with Crippen LogP contribution in [0.3, 0.4) is 0 Å². The molecular weight excluding hydrogens is 364 g/mol. The lowest BCUT2D eigenvalue weighted by molar-refractivity contribution is 0.0535. The zero-order valence-electron chi connectivity index (χ0n) is 15.0. The molecule has 1 saturated heterocycles. The van der Waals surface area contributed by atoms with Crippen molar-refractivity contribution in [2.75, 3.05) is 32.2 Å². The Hall–Kier alpha value is -2.35. The Bertz CT molecular complexity index is 813. The summed E-state index contributed by atoms with van der Waals surface area (Å²) in [6.45, 7) is 2.87. The Morgan fingerprint density at radius 2 is 1.74 bits per heavy atom. The first-order chi connectivity index (χ1) is 12.9. The number of aromatic nitrogens is 1. The third-order valence-electron chi connectivity index (χ3n) is 4.98. The van der Waals surface area contributed by atoms with Crippen LogP contribution in [0.1, 0.15) is 24.0 Å². The maximum absolute atomic E-state index is 14.0. The summed E-state index contributed by atoms with van der Waals surface area (Å²) in [6, 6.07) is 5.68. The molecule has 0 atom stereocenters. The number of halogens is 4. The van der Waals surface area contributed by atoms with E-state index in [0.717, 1.165) is 11.1 Å². The van der Waals surface area contributed by atoms with Gasteiger partial charge in [0.2, 0.25) is 11.6 Å². The molecule has 27 heavy (non-hydrogen) atoms. The molecule has 0 saturated carbocycles. The molecule has 4 nitrogen and oxygen atoms in total. The number of pyridine rings is 1. The second kappa shape index (κ2) is 7.72. The maximum atomic E-state index is 14.0. The molecule has 2 aromatic rings. The van der Waals surface area contributed by atoms with Gasteiger partial charge in [-0.25, -0.2) is 0 Å². The average Bonchev–Trinajstić information content (AvgIpc) is 2.67. The topological polar surface area (TPSA) is 43.4 Å². The van der Waals surface area contributed by atoms with E-state index in [4.69, 9.17) is 9.47 Å². The fourth-order valence-electron chi connectivity index (χ4n) is 3.44. The summed E-state index contributed by atoms with van der Waals surface area (Å²) in [4.78, 5) is 2.58. The van der Waals surface area contributed by atoms with Crippen LogP contribution in [0.15, 0.2) is 18.2 Å². The van der Waals surface area contributed by atoms with Crippen molar-refractivity contribution >= 4 is 5.69 Å². The number of anilines is 1.